The van der Waals surface area contributed by atoms with Crippen molar-refractivity contribution in [2.75, 3.05) is 31.1 Å². The fourth-order valence-corrected chi connectivity index (χ4v) is 3.41. The van der Waals surface area contributed by atoms with Gasteiger partial charge in [-0.1, -0.05) is 25.9 Å². The Bertz CT molecular complexity index is 896. The second-order valence-corrected chi connectivity index (χ2v) is 8.22. The Kier molecular flexibility index (Phi) is 4.23. The highest BCUT2D eigenvalue weighted by atomic mass is 16.5. The lowest BCUT2D eigenvalue weighted by Crippen LogP contribution is -2.46. The third kappa shape index (κ3) is 3.46. The van der Waals surface area contributed by atoms with Crippen LogP contribution in [-0.4, -0.2) is 45.6 Å². The van der Waals surface area contributed by atoms with Crippen LogP contribution in [0.1, 0.15) is 37.9 Å². The number of nitrogens with zero attached hydrogens (tertiary/aromatic N) is 5. The molecule has 0 spiro atoms. The van der Waals surface area contributed by atoms with Gasteiger partial charge in [-0.05, 0) is 19.1 Å². The molecule has 0 aliphatic carbocycles. The molecule has 0 bridgehead atoms. The highest BCUT2D eigenvalue weighted by Gasteiger charge is 2.20. The molecule has 0 saturated carbocycles. The molecular weight excluding hydrogens is 326 g/mol. The smallest absolute Gasteiger partial charge is 0.137 e. The van der Waals surface area contributed by atoms with Crippen molar-refractivity contribution in [1.29, 1.82) is 0 Å². The van der Waals surface area contributed by atoms with Crippen molar-refractivity contribution in [2.24, 2.45) is 0 Å². The van der Waals surface area contributed by atoms with Crippen LogP contribution in [-0.2, 0) is 12.0 Å². The van der Waals surface area contributed by atoms with E-state index in [1.807, 2.05) is 13.0 Å². The summed E-state index contributed by atoms with van der Waals surface area (Å²) in [5.41, 5.74) is 4.48. The molecule has 3 aromatic heterocycles. The molecule has 0 aromatic carbocycles. The second kappa shape index (κ2) is 6.43. The van der Waals surface area contributed by atoms with E-state index < -0.39 is 0 Å². The molecule has 0 radical (unpaired) electrons. The predicted octanol–water partition coefficient (Wildman–Crippen LogP) is 3.25. The van der Waals surface area contributed by atoms with E-state index in [9.17, 15) is 0 Å². The Labute approximate surface area is 154 Å². The van der Waals surface area contributed by atoms with Gasteiger partial charge in [-0.15, -0.1) is 0 Å². The molecule has 4 rings (SSSR count). The van der Waals surface area contributed by atoms with Gasteiger partial charge >= 0.3 is 0 Å². The first-order valence-electron chi connectivity index (χ1n) is 9.27. The zero-order valence-electron chi connectivity index (χ0n) is 16.1. The number of rotatable bonds is 3. The van der Waals surface area contributed by atoms with Gasteiger partial charge in [0.15, 0.2) is 0 Å². The van der Waals surface area contributed by atoms with Crippen molar-refractivity contribution in [3.63, 3.8) is 0 Å². The van der Waals surface area contributed by atoms with Crippen LogP contribution in [0, 0.1) is 6.92 Å². The maximum atomic E-state index is 5.17. The van der Waals surface area contributed by atoms with Crippen molar-refractivity contribution in [1.82, 2.24) is 19.4 Å². The van der Waals surface area contributed by atoms with E-state index in [0.29, 0.717) is 0 Å². The average molecular weight is 353 g/mol. The van der Waals surface area contributed by atoms with Gasteiger partial charge < -0.3 is 13.8 Å². The number of pyridine rings is 1. The number of aromatic nitrogens is 3. The van der Waals surface area contributed by atoms with E-state index in [4.69, 9.17) is 9.51 Å². The normalized spacial score (nSPS) is 16.5. The van der Waals surface area contributed by atoms with Gasteiger partial charge in [-0.2, -0.15) is 0 Å². The van der Waals surface area contributed by atoms with Crippen LogP contribution >= 0.6 is 0 Å². The van der Waals surface area contributed by atoms with Crippen LogP contribution in [0.4, 0.5) is 5.69 Å². The van der Waals surface area contributed by atoms with E-state index in [1.54, 1.807) is 0 Å². The molecule has 3 aromatic rings. The van der Waals surface area contributed by atoms with Gasteiger partial charge in [-0.3, -0.25) is 4.90 Å². The first kappa shape index (κ1) is 17.1. The fourth-order valence-electron chi connectivity index (χ4n) is 3.41. The van der Waals surface area contributed by atoms with Gasteiger partial charge in [0.05, 0.1) is 17.1 Å². The zero-order valence-corrected chi connectivity index (χ0v) is 16.1. The van der Waals surface area contributed by atoms with Crippen molar-refractivity contribution in [3.05, 3.63) is 47.7 Å². The molecule has 0 N–H and O–H groups in total. The highest BCUT2D eigenvalue weighted by molar-refractivity contribution is 5.53. The van der Waals surface area contributed by atoms with E-state index >= 15 is 0 Å². The molecule has 6 heteroatoms. The molecule has 1 fully saturated rings. The van der Waals surface area contributed by atoms with Crippen molar-refractivity contribution < 1.29 is 4.52 Å². The Morgan fingerprint density at radius 2 is 1.85 bits per heavy atom. The standard InChI is InChI=1S/C20H27N5O/c1-15-11-16(22-26-15)12-23-7-9-24(10-8-23)17-5-6-19-21-18(20(2,3)4)14-25(19)13-17/h5-6,11,13-14H,7-10,12H2,1-4H3. The first-order chi connectivity index (χ1) is 12.4. The van der Waals surface area contributed by atoms with Crippen molar-refractivity contribution in [2.45, 2.75) is 39.7 Å². The number of aryl methyl sites for hydroxylation is 1. The molecule has 1 saturated heterocycles. The summed E-state index contributed by atoms with van der Waals surface area (Å²) in [6.45, 7) is 13.5. The molecule has 1 aliphatic rings. The molecular formula is C20H27N5O. The molecule has 0 unspecified atom stereocenters. The maximum Gasteiger partial charge on any atom is 0.137 e. The van der Waals surface area contributed by atoms with Gasteiger partial charge in [0, 0.05) is 56.6 Å². The quantitative estimate of drug-likeness (QED) is 0.723. The van der Waals surface area contributed by atoms with Gasteiger partial charge in [0.2, 0.25) is 0 Å². The van der Waals surface area contributed by atoms with Crippen molar-refractivity contribution in [3.8, 4) is 0 Å². The number of hydrogen-bond acceptors (Lipinski definition) is 5. The fraction of sp³-hybridized carbons (Fsp3) is 0.500. The topological polar surface area (TPSA) is 49.8 Å². The van der Waals surface area contributed by atoms with Crippen molar-refractivity contribution >= 4 is 11.3 Å². The Morgan fingerprint density at radius 1 is 1.08 bits per heavy atom. The largest absolute Gasteiger partial charge is 0.368 e. The summed E-state index contributed by atoms with van der Waals surface area (Å²) in [6, 6.07) is 6.33. The summed E-state index contributed by atoms with van der Waals surface area (Å²) in [4.78, 5) is 9.63. The number of anilines is 1. The Hall–Kier alpha value is -2.34. The zero-order chi connectivity index (χ0) is 18.3. The molecule has 0 atom stereocenters. The lowest BCUT2D eigenvalue weighted by molar-refractivity contribution is 0.241. The van der Waals surface area contributed by atoms with Crippen LogP contribution in [0.3, 0.4) is 0 Å². The van der Waals surface area contributed by atoms with Crippen LogP contribution < -0.4 is 4.90 Å². The average Bonchev–Trinajstić information content (AvgIpc) is 3.20. The third-order valence-corrected chi connectivity index (χ3v) is 5.00. The monoisotopic (exact) mass is 353 g/mol. The summed E-state index contributed by atoms with van der Waals surface area (Å²) in [7, 11) is 0. The molecule has 138 valence electrons. The summed E-state index contributed by atoms with van der Waals surface area (Å²) in [5, 5.41) is 4.10. The molecule has 6 nitrogen and oxygen atoms in total. The third-order valence-electron chi connectivity index (χ3n) is 5.00. The Balaban J connectivity index is 1.43. The number of fused-ring (bicyclic) bond motifs is 1. The van der Waals surface area contributed by atoms with Crippen LogP contribution in [0.15, 0.2) is 35.1 Å². The lowest BCUT2D eigenvalue weighted by atomic mass is 9.93. The molecule has 26 heavy (non-hydrogen) atoms. The Morgan fingerprint density at radius 3 is 2.50 bits per heavy atom. The molecule has 1 aliphatic heterocycles. The minimum absolute atomic E-state index is 0.0667. The van der Waals surface area contributed by atoms with Gasteiger partial charge in [0.1, 0.15) is 11.4 Å². The SMILES string of the molecule is Cc1cc(CN2CCN(c3ccc4nc(C(C)(C)C)cn4c3)CC2)no1. The molecule has 0 amide bonds. The van der Waals surface area contributed by atoms with Crippen LogP contribution in [0.25, 0.3) is 5.65 Å². The van der Waals surface area contributed by atoms with Gasteiger partial charge in [0.25, 0.3) is 0 Å². The predicted molar refractivity (Wildman–Crippen MR) is 103 cm³/mol. The van der Waals surface area contributed by atoms with Crippen LogP contribution in [0.2, 0.25) is 0 Å². The minimum Gasteiger partial charge on any atom is -0.368 e. The van der Waals surface area contributed by atoms with E-state index in [2.05, 4.69) is 64.7 Å². The van der Waals surface area contributed by atoms with E-state index in [-0.39, 0.29) is 5.41 Å². The van der Waals surface area contributed by atoms with E-state index in [1.165, 1.54) is 5.69 Å². The number of imidazole rings is 1. The van der Waals surface area contributed by atoms with Gasteiger partial charge in [-0.25, -0.2) is 4.98 Å². The minimum atomic E-state index is 0.0667. The molecule has 4 heterocycles. The lowest BCUT2D eigenvalue weighted by Gasteiger charge is -2.35. The second-order valence-electron chi connectivity index (χ2n) is 8.22. The van der Waals surface area contributed by atoms with E-state index in [0.717, 1.165) is 55.5 Å². The summed E-state index contributed by atoms with van der Waals surface area (Å²) in [5.74, 6) is 0.877. The summed E-state index contributed by atoms with van der Waals surface area (Å²) >= 11 is 0. The summed E-state index contributed by atoms with van der Waals surface area (Å²) < 4.78 is 7.32. The van der Waals surface area contributed by atoms with Crippen LogP contribution in [0.5, 0.6) is 0 Å². The first-order valence-corrected chi connectivity index (χ1v) is 9.27. The number of piperazine rings is 1. The maximum absolute atomic E-state index is 5.17. The highest BCUT2D eigenvalue weighted by Crippen LogP contribution is 2.24. The number of hydrogen-bond donors (Lipinski definition) is 0. The summed E-state index contributed by atoms with van der Waals surface area (Å²) in [6.07, 6.45) is 4.36.